The summed E-state index contributed by atoms with van der Waals surface area (Å²) in [7, 11) is 0. The lowest BCUT2D eigenvalue weighted by atomic mass is 9.87. The zero-order valence-electron chi connectivity index (χ0n) is 15.4. The first-order chi connectivity index (χ1) is 12.8. The van der Waals surface area contributed by atoms with Gasteiger partial charge in [0.25, 0.3) is 11.1 Å². The first-order valence-corrected chi connectivity index (χ1v) is 9.49. The molecule has 3 aromatic rings. The number of thioether (sulfide) groups is 1. The highest BCUT2D eigenvalue weighted by atomic mass is 32.2. The van der Waals surface area contributed by atoms with Crippen LogP contribution in [0.1, 0.15) is 36.7 Å². The van der Waals surface area contributed by atoms with Crippen molar-refractivity contribution in [3.8, 4) is 0 Å². The van der Waals surface area contributed by atoms with Gasteiger partial charge in [-0.1, -0.05) is 56.8 Å². The first kappa shape index (κ1) is 19.0. The maximum absolute atomic E-state index is 12.1. The predicted molar refractivity (Wildman–Crippen MR) is 105 cm³/mol. The fourth-order valence-corrected chi connectivity index (χ4v) is 3.03. The quantitative estimate of drug-likeness (QED) is 0.530. The monoisotopic (exact) mass is 383 g/mol. The Bertz CT molecular complexity index is 926. The summed E-state index contributed by atoms with van der Waals surface area (Å²) < 4.78 is 5.54. The van der Waals surface area contributed by atoms with E-state index in [1.54, 1.807) is 12.1 Å². The summed E-state index contributed by atoms with van der Waals surface area (Å²) in [6, 6.07) is 14.7. The van der Waals surface area contributed by atoms with Gasteiger partial charge < -0.3 is 4.42 Å². The van der Waals surface area contributed by atoms with Crippen molar-refractivity contribution >= 4 is 34.7 Å². The fraction of sp³-hybridized carbons (Fsp3) is 0.250. The zero-order chi connectivity index (χ0) is 19.4. The summed E-state index contributed by atoms with van der Waals surface area (Å²) in [5.74, 6) is -0.631. The van der Waals surface area contributed by atoms with Crippen molar-refractivity contribution in [1.29, 1.82) is 0 Å². The number of fused-ring (bicyclic) bond motifs is 1. The second-order valence-corrected chi connectivity index (χ2v) is 7.99. The number of para-hydroxylation sites is 2. The van der Waals surface area contributed by atoms with E-state index in [1.165, 1.54) is 11.8 Å². The van der Waals surface area contributed by atoms with Crippen LogP contribution >= 0.6 is 11.8 Å². The van der Waals surface area contributed by atoms with Gasteiger partial charge in [0, 0.05) is 5.56 Å². The van der Waals surface area contributed by atoms with Crippen molar-refractivity contribution in [1.82, 2.24) is 15.8 Å². The van der Waals surface area contributed by atoms with E-state index >= 15 is 0 Å². The lowest BCUT2D eigenvalue weighted by Gasteiger charge is -2.19. The van der Waals surface area contributed by atoms with Gasteiger partial charge in [-0.2, -0.15) is 0 Å². The number of oxazole rings is 1. The summed E-state index contributed by atoms with van der Waals surface area (Å²) in [5, 5.41) is 0.412. The standard InChI is InChI=1S/C20H21N3O3S/c1-20(2,3)14-10-8-13(9-11-14)18(25)23-22-17(24)12-27-19-21-15-6-4-5-7-16(15)26-19/h4-11H,12H2,1-3H3,(H,22,24)(H,23,25). The predicted octanol–water partition coefficient (Wildman–Crippen LogP) is 3.68. The molecule has 0 unspecified atom stereocenters. The molecule has 0 aliphatic heterocycles. The Morgan fingerprint density at radius 2 is 1.74 bits per heavy atom. The molecule has 0 bridgehead atoms. The van der Waals surface area contributed by atoms with E-state index in [9.17, 15) is 9.59 Å². The number of carbonyl (C=O) groups excluding carboxylic acids is 2. The Kier molecular flexibility index (Phi) is 5.51. The SMILES string of the molecule is CC(C)(C)c1ccc(C(=O)NNC(=O)CSc2nc3ccccc3o2)cc1. The number of benzene rings is 2. The Balaban J connectivity index is 1.49. The Hall–Kier alpha value is -2.80. The molecule has 3 rings (SSSR count). The lowest BCUT2D eigenvalue weighted by Crippen LogP contribution is -2.42. The topological polar surface area (TPSA) is 84.2 Å². The number of hydrazine groups is 1. The highest BCUT2D eigenvalue weighted by Crippen LogP contribution is 2.23. The number of carbonyl (C=O) groups is 2. The molecular formula is C20H21N3O3S. The van der Waals surface area contributed by atoms with Crippen molar-refractivity contribution in [2.75, 3.05) is 5.75 Å². The molecule has 0 saturated heterocycles. The van der Waals surface area contributed by atoms with Gasteiger partial charge in [0.1, 0.15) is 5.52 Å². The number of hydrogen-bond acceptors (Lipinski definition) is 5. The fourth-order valence-electron chi connectivity index (χ4n) is 2.40. The molecule has 0 aliphatic carbocycles. The van der Waals surface area contributed by atoms with Crippen LogP contribution in [-0.4, -0.2) is 22.6 Å². The highest BCUT2D eigenvalue weighted by molar-refractivity contribution is 7.99. The highest BCUT2D eigenvalue weighted by Gasteiger charge is 2.15. The molecule has 1 heterocycles. The van der Waals surface area contributed by atoms with Gasteiger partial charge in [-0.25, -0.2) is 4.98 Å². The van der Waals surface area contributed by atoms with E-state index < -0.39 is 0 Å². The molecule has 0 aliphatic rings. The van der Waals surface area contributed by atoms with Gasteiger partial charge in [-0.15, -0.1) is 0 Å². The van der Waals surface area contributed by atoms with Gasteiger partial charge in [0.05, 0.1) is 5.75 Å². The Morgan fingerprint density at radius 1 is 1.04 bits per heavy atom. The Morgan fingerprint density at radius 3 is 2.41 bits per heavy atom. The van der Waals surface area contributed by atoms with Crippen molar-refractivity contribution < 1.29 is 14.0 Å². The number of nitrogens with zero attached hydrogens (tertiary/aromatic N) is 1. The third kappa shape index (κ3) is 4.89. The van der Waals surface area contributed by atoms with Crippen LogP contribution in [0.2, 0.25) is 0 Å². The van der Waals surface area contributed by atoms with E-state index in [0.717, 1.165) is 11.1 Å². The third-order valence-electron chi connectivity index (χ3n) is 3.93. The normalized spacial score (nSPS) is 11.4. The second kappa shape index (κ2) is 7.84. The van der Waals surface area contributed by atoms with Crippen LogP contribution in [0.15, 0.2) is 58.2 Å². The smallest absolute Gasteiger partial charge is 0.269 e. The maximum Gasteiger partial charge on any atom is 0.269 e. The first-order valence-electron chi connectivity index (χ1n) is 8.51. The van der Waals surface area contributed by atoms with Crippen LogP contribution in [0.5, 0.6) is 0 Å². The van der Waals surface area contributed by atoms with Crippen molar-refractivity contribution in [3.05, 3.63) is 59.7 Å². The molecule has 6 nitrogen and oxygen atoms in total. The summed E-state index contributed by atoms with van der Waals surface area (Å²) in [4.78, 5) is 28.4. The van der Waals surface area contributed by atoms with Gasteiger partial charge in [0.15, 0.2) is 5.58 Å². The molecular weight excluding hydrogens is 362 g/mol. The van der Waals surface area contributed by atoms with Gasteiger partial charge in [-0.3, -0.25) is 20.4 Å². The van der Waals surface area contributed by atoms with Crippen LogP contribution < -0.4 is 10.9 Å². The van der Waals surface area contributed by atoms with Crippen molar-refractivity contribution in [3.63, 3.8) is 0 Å². The molecule has 140 valence electrons. The largest absolute Gasteiger partial charge is 0.431 e. The van der Waals surface area contributed by atoms with E-state index in [-0.39, 0.29) is 23.0 Å². The summed E-state index contributed by atoms with van der Waals surface area (Å²) in [6.45, 7) is 6.32. The number of amides is 2. The number of hydrogen-bond donors (Lipinski definition) is 2. The van der Waals surface area contributed by atoms with Crippen LogP contribution in [0, 0.1) is 0 Å². The van der Waals surface area contributed by atoms with Gasteiger partial charge in [-0.05, 0) is 35.2 Å². The number of rotatable bonds is 4. The summed E-state index contributed by atoms with van der Waals surface area (Å²) >= 11 is 1.17. The van der Waals surface area contributed by atoms with Gasteiger partial charge >= 0.3 is 0 Å². The minimum atomic E-state index is -0.365. The van der Waals surface area contributed by atoms with E-state index in [4.69, 9.17) is 4.42 Å². The Labute approximate surface area is 161 Å². The van der Waals surface area contributed by atoms with E-state index in [0.29, 0.717) is 16.4 Å². The molecule has 2 amide bonds. The van der Waals surface area contributed by atoms with Crippen LogP contribution in [0.25, 0.3) is 11.1 Å². The van der Waals surface area contributed by atoms with E-state index in [1.807, 2.05) is 36.4 Å². The zero-order valence-corrected chi connectivity index (χ0v) is 16.2. The number of aromatic nitrogens is 1. The van der Waals surface area contributed by atoms with E-state index in [2.05, 4.69) is 36.6 Å². The minimum Gasteiger partial charge on any atom is -0.431 e. The summed E-state index contributed by atoms with van der Waals surface area (Å²) in [5.41, 5.74) is 7.87. The minimum absolute atomic E-state index is 0.0190. The molecule has 27 heavy (non-hydrogen) atoms. The van der Waals surface area contributed by atoms with Crippen LogP contribution in [0.3, 0.4) is 0 Å². The third-order valence-corrected chi connectivity index (χ3v) is 4.76. The summed E-state index contributed by atoms with van der Waals surface area (Å²) in [6.07, 6.45) is 0. The molecule has 7 heteroatoms. The van der Waals surface area contributed by atoms with Crippen molar-refractivity contribution in [2.24, 2.45) is 0 Å². The number of nitrogens with one attached hydrogen (secondary N) is 2. The van der Waals surface area contributed by atoms with Crippen LogP contribution in [-0.2, 0) is 10.2 Å². The molecule has 0 radical (unpaired) electrons. The molecule has 1 aromatic heterocycles. The molecule has 0 fully saturated rings. The van der Waals surface area contributed by atoms with Crippen LogP contribution in [0.4, 0.5) is 0 Å². The van der Waals surface area contributed by atoms with Crippen molar-refractivity contribution in [2.45, 2.75) is 31.4 Å². The molecule has 2 aromatic carbocycles. The lowest BCUT2D eigenvalue weighted by molar-refractivity contribution is -0.119. The average molecular weight is 383 g/mol. The maximum atomic E-state index is 12.1. The average Bonchev–Trinajstić information content (AvgIpc) is 3.07. The second-order valence-electron chi connectivity index (χ2n) is 7.07. The molecule has 2 N–H and O–H groups in total. The molecule has 0 atom stereocenters. The molecule has 0 saturated carbocycles. The van der Waals surface area contributed by atoms with Gasteiger partial charge in [0.2, 0.25) is 5.91 Å². The molecule has 0 spiro atoms.